The molecule has 6 nitrogen and oxygen atoms in total. The van der Waals surface area contributed by atoms with Gasteiger partial charge >= 0.3 is 0 Å². The largest absolute Gasteiger partial charge is 0.339 e. The van der Waals surface area contributed by atoms with E-state index in [0.717, 1.165) is 0 Å². The number of hydrogen-bond acceptors (Lipinski definition) is 4. The number of nitriles is 1. The summed E-state index contributed by atoms with van der Waals surface area (Å²) in [5.41, 5.74) is 1.69. The molecule has 0 radical (unpaired) electrons. The molecule has 0 spiro atoms. The first kappa shape index (κ1) is 18.6. The lowest BCUT2D eigenvalue weighted by molar-refractivity contribution is 0.0772. The maximum Gasteiger partial charge on any atom is 0.273 e. The summed E-state index contributed by atoms with van der Waals surface area (Å²) >= 11 is 0. The second-order valence-corrected chi connectivity index (χ2v) is 6.47. The zero-order valence-electron chi connectivity index (χ0n) is 15.5. The summed E-state index contributed by atoms with van der Waals surface area (Å²) in [4.78, 5) is 39.2. The first-order valence-electron chi connectivity index (χ1n) is 9.13. The van der Waals surface area contributed by atoms with Gasteiger partial charge in [0.1, 0.15) is 11.6 Å². The molecule has 0 saturated carbocycles. The van der Waals surface area contributed by atoms with E-state index in [1.54, 1.807) is 29.2 Å². The zero-order chi connectivity index (χ0) is 19.6. The second kappa shape index (κ2) is 7.58. The van der Waals surface area contributed by atoms with Crippen LogP contribution in [0.5, 0.6) is 0 Å². The molecule has 0 fully saturated rings. The summed E-state index contributed by atoms with van der Waals surface area (Å²) in [7, 11) is 0. The lowest BCUT2D eigenvalue weighted by atomic mass is 9.93. The number of amides is 1. The molecule has 27 heavy (non-hydrogen) atoms. The third kappa shape index (κ3) is 3.28. The van der Waals surface area contributed by atoms with Crippen LogP contribution in [-0.2, 0) is 6.42 Å². The number of hydrogen-bond donors (Lipinski definition) is 0. The lowest BCUT2D eigenvalue weighted by Gasteiger charge is -2.21. The molecular formula is C21H21N3O3. The number of benzene rings is 1. The Hall–Kier alpha value is -3.20. The molecule has 0 unspecified atom stereocenters. The van der Waals surface area contributed by atoms with E-state index in [0.29, 0.717) is 54.9 Å². The van der Waals surface area contributed by atoms with Crippen LogP contribution in [-0.4, -0.2) is 34.2 Å². The first-order chi connectivity index (χ1) is 13.0. The highest BCUT2D eigenvalue weighted by Crippen LogP contribution is 2.23. The SMILES string of the molecule is CCN(CC)C(=O)c1ccc(-n2c3c(cc(C#N)c2=O)C(=O)CCC3)cc1. The summed E-state index contributed by atoms with van der Waals surface area (Å²) in [6.07, 6.45) is 1.70. The van der Waals surface area contributed by atoms with Crippen molar-refractivity contribution in [2.24, 2.45) is 0 Å². The van der Waals surface area contributed by atoms with Crippen LogP contribution in [0.1, 0.15) is 58.7 Å². The Morgan fingerprint density at radius 3 is 2.41 bits per heavy atom. The number of carbonyl (C=O) groups is 2. The Labute approximate surface area is 157 Å². The molecule has 1 aromatic heterocycles. The molecule has 1 amide bonds. The number of rotatable bonds is 4. The summed E-state index contributed by atoms with van der Waals surface area (Å²) in [6, 6.07) is 10.0. The number of fused-ring (bicyclic) bond motifs is 1. The molecule has 6 heteroatoms. The number of aromatic nitrogens is 1. The maximum absolute atomic E-state index is 12.8. The molecular weight excluding hydrogens is 342 g/mol. The molecule has 3 rings (SSSR count). The highest BCUT2D eigenvalue weighted by atomic mass is 16.2. The topological polar surface area (TPSA) is 83.2 Å². The van der Waals surface area contributed by atoms with Gasteiger partial charge in [-0.2, -0.15) is 5.26 Å². The van der Waals surface area contributed by atoms with Crippen molar-refractivity contribution in [2.45, 2.75) is 33.1 Å². The fraction of sp³-hybridized carbons (Fsp3) is 0.333. The van der Waals surface area contributed by atoms with Gasteiger partial charge in [0.2, 0.25) is 0 Å². The number of carbonyl (C=O) groups excluding carboxylic acids is 2. The van der Waals surface area contributed by atoms with Crippen LogP contribution in [0.3, 0.4) is 0 Å². The van der Waals surface area contributed by atoms with Gasteiger partial charge in [0.05, 0.1) is 0 Å². The highest BCUT2D eigenvalue weighted by Gasteiger charge is 2.24. The van der Waals surface area contributed by atoms with E-state index >= 15 is 0 Å². The zero-order valence-corrected chi connectivity index (χ0v) is 15.5. The van der Waals surface area contributed by atoms with Gasteiger partial charge in [-0.25, -0.2) is 0 Å². The number of nitrogens with zero attached hydrogens (tertiary/aromatic N) is 3. The third-order valence-corrected chi connectivity index (χ3v) is 4.96. The quantitative estimate of drug-likeness (QED) is 0.836. The Balaban J connectivity index is 2.11. The average molecular weight is 363 g/mol. The van der Waals surface area contributed by atoms with Gasteiger partial charge in [0.15, 0.2) is 5.78 Å². The van der Waals surface area contributed by atoms with Gasteiger partial charge < -0.3 is 4.90 Å². The van der Waals surface area contributed by atoms with Crippen molar-refractivity contribution >= 4 is 11.7 Å². The molecule has 1 aliphatic rings. The van der Waals surface area contributed by atoms with Gasteiger partial charge in [-0.15, -0.1) is 0 Å². The molecule has 0 aliphatic heterocycles. The van der Waals surface area contributed by atoms with Gasteiger partial charge in [-0.1, -0.05) is 0 Å². The number of ketones is 1. The standard InChI is InChI=1S/C21H21N3O3/c1-3-23(4-2)20(26)14-8-10-16(11-9-14)24-18-6-5-7-19(25)17(18)12-15(13-22)21(24)27/h8-12H,3-7H2,1-2H3. The minimum absolute atomic E-state index is 0.0465. The van der Waals surface area contributed by atoms with Crippen LogP contribution < -0.4 is 5.56 Å². The minimum Gasteiger partial charge on any atom is -0.339 e. The maximum atomic E-state index is 12.8. The van der Waals surface area contributed by atoms with Crippen LogP contribution in [0, 0.1) is 11.3 Å². The molecule has 0 N–H and O–H groups in total. The monoisotopic (exact) mass is 363 g/mol. The van der Waals surface area contributed by atoms with E-state index < -0.39 is 5.56 Å². The third-order valence-electron chi connectivity index (χ3n) is 4.96. The summed E-state index contributed by atoms with van der Waals surface area (Å²) in [5.74, 6) is -0.114. The van der Waals surface area contributed by atoms with E-state index in [2.05, 4.69) is 0 Å². The van der Waals surface area contributed by atoms with Crippen LogP contribution in [0.4, 0.5) is 0 Å². The highest BCUT2D eigenvalue weighted by molar-refractivity contribution is 5.98. The molecule has 138 valence electrons. The van der Waals surface area contributed by atoms with Crippen molar-refractivity contribution in [1.82, 2.24) is 9.47 Å². The van der Waals surface area contributed by atoms with Crippen LogP contribution >= 0.6 is 0 Å². The van der Waals surface area contributed by atoms with Gasteiger partial charge in [0.25, 0.3) is 11.5 Å². The van der Waals surface area contributed by atoms with Crippen molar-refractivity contribution in [3.63, 3.8) is 0 Å². The lowest BCUT2D eigenvalue weighted by Crippen LogP contribution is -2.31. The van der Waals surface area contributed by atoms with E-state index in [4.69, 9.17) is 0 Å². The van der Waals surface area contributed by atoms with Crippen molar-refractivity contribution in [1.29, 1.82) is 5.26 Å². The van der Waals surface area contributed by atoms with Gasteiger partial charge in [0, 0.05) is 42.0 Å². The summed E-state index contributed by atoms with van der Waals surface area (Å²) in [6.45, 7) is 5.09. The van der Waals surface area contributed by atoms with Crippen molar-refractivity contribution in [2.75, 3.05) is 13.1 Å². The Kier molecular flexibility index (Phi) is 5.22. The van der Waals surface area contributed by atoms with Crippen LogP contribution in [0.25, 0.3) is 5.69 Å². The molecule has 0 saturated heterocycles. The van der Waals surface area contributed by atoms with Crippen LogP contribution in [0.15, 0.2) is 35.1 Å². The van der Waals surface area contributed by atoms with Crippen LogP contribution in [0.2, 0.25) is 0 Å². The molecule has 2 aromatic rings. The van der Waals surface area contributed by atoms with Crippen molar-refractivity contribution < 1.29 is 9.59 Å². The van der Waals surface area contributed by atoms with E-state index in [-0.39, 0.29) is 17.3 Å². The van der Waals surface area contributed by atoms with E-state index in [9.17, 15) is 19.6 Å². The first-order valence-corrected chi connectivity index (χ1v) is 9.13. The molecule has 0 atom stereocenters. The Morgan fingerprint density at radius 2 is 1.81 bits per heavy atom. The normalized spacial score (nSPS) is 13.0. The summed E-state index contributed by atoms with van der Waals surface area (Å²) < 4.78 is 1.44. The average Bonchev–Trinajstić information content (AvgIpc) is 2.69. The molecule has 0 bridgehead atoms. The van der Waals surface area contributed by atoms with Crippen molar-refractivity contribution in [3.05, 3.63) is 63.1 Å². The molecule has 1 aromatic carbocycles. The smallest absolute Gasteiger partial charge is 0.273 e. The second-order valence-electron chi connectivity index (χ2n) is 6.47. The van der Waals surface area contributed by atoms with E-state index in [1.165, 1.54) is 10.6 Å². The van der Waals surface area contributed by atoms with Crippen molar-refractivity contribution in [3.8, 4) is 11.8 Å². The minimum atomic E-state index is -0.436. The predicted octanol–water partition coefficient (Wildman–Crippen LogP) is 2.71. The number of Topliss-reactive ketones (excluding diaryl/α,β-unsaturated/α-hetero) is 1. The molecule has 1 heterocycles. The summed E-state index contributed by atoms with van der Waals surface area (Å²) in [5, 5.41) is 9.29. The number of pyridine rings is 1. The van der Waals surface area contributed by atoms with Gasteiger partial charge in [-0.3, -0.25) is 19.0 Å². The predicted molar refractivity (Wildman–Crippen MR) is 101 cm³/mol. The molecule has 1 aliphatic carbocycles. The van der Waals surface area contributed by atoms with E-state index in [1.807, 2.05) is 19.9 Å². The van der Waals surface area contributed by atoms with Gasteiger partial charge in [-0.05, 0) is 57.0 Å². The fourth-order valence-corrected chi connectivity index (χ4v) is 3.49. The Bertz CT molecular complexity index is 993. The Morgan fingerprint density at radius 1 is 1.15 bits per heavy atom. The fourth-order valence-electron chi connectivity index (χ4n) is 3.49.